The van der Waals surface area contributed by atoms with Crippen LogP contribution >= 0.6 is 0 Å². The highest BCUT2D eigenvalue weighted by Gasteiger charge is 2.14. The van der Waals surface area contributed by atoms with Crippen molar-refractivity contribution < 1.29 is 14.8 Å². The average molecular weight is 252 g/mol. The Morgan fingerprint density at radius 3 is 2.67 bits per heavy atom. The lowest BCUT2D eigenvalue weighted by Crippen LogP contribution is -2.28. The van der Waals surface area contributed by atoms with Gasteiger partial charge in [0.25, 0.3) is 5.69 Å². The number of nitrogens with zero attached hydrogens (tertiary/aromatic N) is 2. The Morgan fingerprint density at radius 1 is 1.44 bits per heavy atom. The molecule has 0 spiro atoms. The second kappa shape index (κ2) is 6.70. The van der Waals surface area contributed by atoms with Crippen LogP contribution in [0.1, 0.15) is 23.7 Å². The van der Waals surface area contributed by atoms with Crippen LogP contribution in [0.25, 0.3) is 0 Å². The summed E-state index contributed by atoms with van der Waals surface area (Å²) in [6.07, 6.45) is 1.46. The van der Waals surface area contributed by atoms with Crippen LogP contribution in [0.15, 0.2) is 18.2 Å². The van der Waals surface area contributed by atoms with Crippen LogP contribution in [0, 0.1) is 10.1 Å². The molecule has 1 rings (SSSR count). The van der Waals surface area contributed by atoms with Gasteiger partial charge in [0, 0.05) is 36.5 Å². The number of carbonyl (C=O) groups is 1. The number of aliphatic hydroxyl groups excluding tert-OH is 1. The van der Waals surface area contributed by atoms with E-state index in [4.69, 9.17) is 5.11 Å². The summed E-state index contributed by atoms with van der Waals surface area (Å²) in [5.74, 6) is 0. The van der Waals surface area contributed by atoms with Gasteiger partial charge in [-0.15, -0.1) is 0 Å². The van der Waals surface area contributed by atoms with Gasteiger partial charge in [-0.2, -0.15) is 0 Å². The number of nitro groups is 1. The van der Waals surface area contributed by atoms with E-state index in [-0.39, 0.29) is 17.9 Å². The van der Waals surface area contributed by atoms with Crippen LogP contribution in [0.2, 0.25) is 0 Å². The Labute approximate surface area is 105 Å². The Morgan fingerprint density at radius 2 is 2.17 bits per heavy atom. The number of aliphatic hydroxyl groups is 1. The van der Waals surface area contributed by atoms with Crippen molar-refractivity contribution in [3.8, 4) is 0 Å². The lowest BCUT2D eigenvalue weighted by Gasteiger charge is -2.24. The molecule has 0 atom stereocenters. The van der Waals surface area contributed by atoms with Gasteiger partial charge in [-0.1, -0.05) is 6.92 Å². The highest BCUT2D eigenvalue weighted by molar-refractivity contribution is 5.86. The maximum absolute atomic E-state index is 11.0. The topological polar surface area (TPSA) is 83.7 Å². The second-order valence-electron chi connectivity index (χ2n) is 3.83. The van der Waals surface area contributed by atoms with Crippen molar-refractivity contribution in [3.05, 3.63) is 33.9 Å². The molecule has 0 radical (unpaired) electrons. The number of aldehydes is 1. The quantitative estimate of drug-likeness (QED) is 0.453. The summed E-state index contributed by atoms with van der Waals surface area (Å²) in [6, 6.07) is 4.16. The molecule has 1 N–H and O–H groups in total. The third-order valence-corrected chi connectivity index (χ3v) is 2.55. The second-order valence-corrected chi connectivity index (χ2v) is 3.83. The van der Waals surface area contributed by atoms with Crippen molar-refractivity contribution in [2.24, 2.45) is 0 Å². The number of rotatable bonds is 7. The molecule has 0 aliphatic heterocycles. The minimum absolute atomic E-state index is 0.0325. The first kappa shape index (κ1) is 14.1. The number of hydrogen-bond donors (Lipinski definition) is 1. The predicted molar refractivity (Wildman–Crippen MR) is 68.1 cm³/mol. The SMILES string of the molecule is CCCN(CCO)c1ccc([N+](=O)[O-])cc1C=O. The van der Waals surface area contributed by atoms with Crippen molar-refractivity contribution in [1.29, 1.82) is 0 Å². The average Bonchev–Trinajstić information content (AvgIpc) is 2.37. The third-order valence-electron chi connectivity index (χ3n) is 2.55. The number of benzene rings is 1. The van der Waals surface area contributed by atoms with Crippen LogP contribution < -0.4 is 4.90 Å². The largest absolute Gasteiger partial charge is 0.395 e. The maximum Gasteiger partial charge on any atom is 0.270 e. The first-order valence-corrected chi connectivity index (χ1v) is 5.73. The predicted octanol–water partition coefficient (Wildman–Crippen LogP) is 1.62. The first-order chi connectivity index (χ1) is 8.63. The molecule has 0 saturated carbocycles. The normalized spacial score (nSPS) is 10.1. The number of nitro benzene ring substituents is 1. The number of non-ortho nitro benzene ring substituents is 1. The van der Waals surface area contributed by atoms with Crippen LogP contribution in [0.4, 0.5) is 11.4 Å². The Balaban J connectivity index is 3.13. The van der Waals surface area contributed by atoms with E-state index in [1.807, 2.05) is 11.8 Å². The molecule has 98 valence electrons. The van der Waals surface area contributed by atoms with Crippen molar-refractivity contribution in [2.75, 3.05) is 24.6 Å². The Hall–Kier alpha value is -1.95. The molecule has 0 aliphatic rings. The van der Waals surface area contributed by atoms with Gasteiger partial charge in [0.05, 0.1) is 11.5 Å². The van der Waals surface area contributed by atoms with Gasteiger partial charge < -0.3 is 10.0 Å². The van der Waals surface area contributed by atoms with Crippen molar-refractivity contribution in [2.45, 2.75) is 13.3 Å². The van der Waals surface area contributed by atoms with Gasteiger partial charge in [-0.05, 0) is 12.5 Å². The Bertz CT molecular complexity index is 428. The molecule has 6 heteroatoms. The minimum Gasteiger partial charge on any atom is -0.395 e. The summed E-state index contributed by atoms with van der Waals surface area (Å²) in [6.45, 7) is 3.03. The molecule has 1 aromatic carbocycles. The lowest BCUT2D eigenvalue weighted by atomic mass is 10.1. The van der Waals surface area contributed by atoms with Gasteiger partial charge in [0.1, 0.15) is 0 Å². The molecule has 0 saturated heterocycles. The summed E-state index contributed by atoms with van der Waals surface area (Å²) in [4.78, 5) is 22.9. The van der Waals surface area contributed by atoms with E-state index < -0.39 is 4.92 Å². The third kappa shape index (κ3) is 3.27. The summed E-state index contributed by atoms with van der Waals surface area (Å²) >= 11 is 0. The molecule has 0 bridgehead atoms. The van der Waals surface area contributed by atoms with Gasteiger partial charge in [-0.3, -0.25) is 14.9 Å². The first-order valence-electron chi connectivity index (χ1n) is 5.73. The minimum atomic E-state index is -0.535. The van der Waals surface area contributed by atoms with E-state index in [9.17, 15) is 14.9 Å². The van der Waals surface area contributed by atoms with Crippen LogP contribution in [-0.2, 0) is 0 Å². The highest BCUT2D eigenvalue weighted by Crippen LogP contribution is 2.24. The molecule has 0 aromatic heterocycles. The van der Waals surface area contributed by atoms with Gasteiger partial charge >= 0.3 is 0 Å². The zero-order chi connectivity index (χ0) is 13.5. The van der Waals surface area contributed by atoms with E-state index in [1.165, 1.54) is 12.1 Å². The van der Waals surface area contributed by atoms with E-state index in [2.05, 4.69) is 0 Å². The van der Waals surface area contributed by atoms with Crippen LogP contribution in [0.5, 0.6) is 0 Å². The number of carbonyl (C=O) groups excluding carboxylic acids is 1. The number of hydrogen-bond acceptors (Lipinski definition) is 5. The zero-order valence-electron chi connectivity index (χ0n) is 10.2. The fourth-order valence-electron chi connectivity index (χ4n) is 1.78. The summed E-state index contributed by atoms with van der Waals surface area (Å²) in [5.41, 5.74) is 0.777. The standard InChI is InChI=1S/C12H16N2O4/c1-2-5-13(6-7-15)12-4-3-11(14(17)18)8-10(12)9-16/h3-4,8-9,15H,2,5-7H2,1H3. The van der Waals surface area contributed by atoms with Crippen molar-refractivity contribution in [1.82, 2.24) is 0 Å². The molecule has 0 amide bonds. The molecule has 0 heterocycles. The fraction of sp³-hybridized carbons (Fsp3) is 0.417. The van der Waals surface area contributed by atoms with Gasteiger partial charge in [0.2, 0.25) is 0 Å². The smallest absolute Gasteiger partial charge is 0.270 e. The molecule has 1 aromatic rings. The lowest BCUT2D eigenvalue weighted by molar-refractivity contribution is -0.384. The molecular formula is C12H16N2O4. The molecule has 0 fully saturated rings. The fourth-order valence-corrected chi connectivity index (χ4v) is 1.78. The van der Waals surface area contributed by atoms with E-state index in [1.54, 1.807) is 6.07 Å². The molecular weight excluding hydrogens is 236 g/mol. The van der Waals surface area contributed by atoms with Crippen molar-refractivity contribution >= 4 is 17.7 Å². The van der Waals surface area contributed by atoms with Gasteiger partial charge in [-0.25, -0.2) is 0 Å². The Kier molecular flexibility index (Phi) is 5.26. The number of anilines is 1. The summed E-state index contributed by atoms with van der Waals surface area (Å²) in [5, 5.41) is 19.6. The zero-order valence-corrected chi connectivity index (χ0v) is 10.2. The molecule has 6 nitrogen and oxygen atoms in total. The van der Waals surface area contributed by atoms with E-state index in [0.717, 1.165) is 6.42 Å². The van der Waals surface area contributed by atoms with Crippen LogP contribution in [0.3, 0.4) is 0 Å². The molecule has 0 unspecified atom stereocenters. The summed E-state index contributed by atoms with van der Waals surface area (Å²) < 4.78 is 0. The molecule has 18 heavy (non-hydrogen) atoms. The van der Waals surface area contributed by atoms with Gasteiger partial charge in [0.15, 0.2) is 6.29 Å². The van der Waals surface area contributed by atoms with Crippen LogP contribution in [-0.4, -0.2) is 36.0 Å². The monoisotopic (exact) mass is 252 g/mol. The maximum atomic E-state index is 11.0. The summed E-state index contributed by atoms with van der Waals surface area (Å²) in [7, 11) is 0. The molecule has 0 aliphatic carbocycles. The highest BCUT2D eigenvalue weighted by atomic mass is 16.6. The van der Waals surface area contributed by atoms with E-state index in [0.29, 0.717) is 25.1 Å². The van der Waals surface area contributed by atoms with E-state index >= 15 is 0 Å². The van der Waals surface area contributed by atoms with Crippen molar-refractivity contribution in [3.63, 3.8) is 0 Å².